The highest BCUT2D eigenvalue weighted by Gasteiger charge is 2.12. The highest BCUT2D eigenvalue weighted by Crippen LogP contribution is 2.22. The van der Waals surface area contributed by atoms with Crippen LogP contribution in [0.1, 0.15) is 20.9 Å². The van der Waals surface area contributed by atoms with Crippen LogP contribution in [0, 0.1) is 6.92 Å². The van der Waals surface area contributed by atoms with Gasteiger partial charge in [-0.05, 0) is 36.7 Å². The summed E-state index contributed by atoms with van der Waals surface area (Å²) < 4.78 is 14.1. The molecule has 0 saturated heterocycles. The molecule has 0 aliphatic rings. The highest BCUT2D eigenvalue weighted by molar-refractivity contribution is 7.07. The van der Waals surface area contributed by atoms with Crippen LogP contribution >= 0.6 is 11.5 Å². The van der Waals surface area contributed by atoms with Crippen molar-refractivity contribution in [3.05, 3.63) is 34.3 Å². The standard InChI is InChI=1S/C13H14N4O3S/c1-8-12(21-17-15-8)13(18)16-14-7-9-6-10(19-2)4-5-11(9)20-3/h4-7H,1-3H3,(H,16,18)/b14-7-. The van der Waals surface area contributed by atoms with Crippen molar-refractivity contribution in [3.63, 3.8) is 0 Å². The summed E-state index contributed by atoms with van der Waals surface area (Å²) in [6.07, 6.45) is 1.49. The van der Waals surface area contributed by atoms with Crippen LogP contribution in [0.15, 0.2) is 23.3 Å². The zero-order chi connectivity index (χ0) is 15.2. The Kier molecular flexibility index (Phi) is 4.83. The molecule has 2 rings (SSSR count). The molecule has 0 aliphatic carbocycles. The molecule has 1 aromatic carbocycles. The van der Waals surface area contributed by atoms with E-state index in [0.717, 1.165) is 11.5 Å². The number of nitrogens with zero attached hydrogens (tertiary/aromatic N) is 3. The Labute approximate surface area is 125 Å². The molecule has 1 aromatic heterocycles. The van der Waals surface area contributed by atoms with Gasteiger partial charge in [-0.15, -0.1) is 5.10 Å². The minimum atomic E-state index is -0.347. The first kappa shape index (κ1) is 14.9. The van der Waals surface area contributed by atoms with Crippen LogP contribution in [-0.4, -0.2) is 35.9 Å². The van der Waals surface area contributed by atoms with E-state index in [0.29, 0.717) is 27.6 Å². The van der Waals surface area contributed by atoms with Gasteiger partial charge < -0.3 is 9.47 Å². The largest absolute Gasteiger partial charge is 0.497 e. The summed E-state index contributed by atoms with van der Waals surface area (Å²) in [7, 11) is 3.13. The van der Waals surface area contributed by atoms with Crippen LogP contribution in [0.2, 0.25) is 0 Å². The van der Waals surface area contributed by atoms with E-state index < -0.39 is 0 Å². The maximum absolute atomic E-state index is 11.8. The number of benzene rings is 1. The molecule has 2 aromatic rings. The van der Waals surface area contributed by atoms with Gasteiger partial charge in [0.1, 0.15) is 16.4 Å². The molecule has 0 saturated carbocycles. The molecule has 0 atom stereocenters. The fourth-order valence-corrected chi connectivity index (χ4v) is 2.14. The predicted molar refractivity (Wildman–Crippen MR) is 79.3 cm³/mol. The minimum Gasteiger partial charge on any atom is -0.497 e. The fraction of sp³-hybridized carbons (Fsp3) is 0.231. The summed E-state index contributed by atoms with van der Waals surface area (Å²) in [5.74, 6) is 0.955. The number of hydrogen-bond acceptors (Lipinski definition) is 7. The number of methoxy groups -OCH3 is 2. The molecular weight excluding hydrogens is 292 g/mol. The van der Waals surface area contributed by atoms with Crippen LogP contribution in [0.4, 0.5) is 0 Å². The van der Waals surface area contributed by atoms with Crippen molar-refractivity contribution in [2.24, 2.45) is 5.10 Å². The van der Waals surface area contributed by atoms with Crippen molar-refractivity contribution >= 4 is 23.7 Å². The van der Waals surface area contributed by atoms with Crippen LogP contribution in [0.3, 0.4) is 0 Å². The minimum absolute atomic E-state index is 0.347. The number of amides is 1. The Hall–Kier alpha value is -2.48. The van der Waals surface area contributed by atoms with Crippen LogP contribution in [0.5, 0.6) is 11.5 Å². The first-order valence-corrected chi connectivity index (χ1v) is 6.77. The Morgan fingerprint density at radius 1 is 1.38 bits per heavy atom. The monoisotopic (exact) mass is 306 g/mol. The molecule has 8 heteroatoms. The molecule has 0 spiro atoms. The van der Waals surface area contributed by atoms with Crippen molar-refractivity contribution in [1.29, 1.82) is 0 Å². The zero-order valence-corrected chi connectivity index (χ0v) is 12.6. The maximum Gasteiger partial charge on any atom is 0.285 e. The van der Waals surface area contributed by atoms with Gasteiger partial charge in [-0.25, -0.2) is 5.43 Å². The average molecular weight is 306 g/mol. The molecule has 1 amide bonds. The number of aryl methyl sites for hydroxylation is 1. The lowest BCUT2D eigenvalue weighted by atomic mass is 10.2. The van der Waals surface area contributed by atoms with Crippen LogP contribution in [0.25, 0.3) is 0 Å². The molecule has 0 aliphatic heterocycles. The number of ether oxygens (including phenoxy) is 2. The predicted octanol–water partition coefficient (Wildman–Crippen LogP) is 1.63. The molecule has 0 fully saturated rings. The molecule has 7 nitrogen and oxygen atoms in total. The van der Waals surface area contributed by atoms with E-state index in [2.05, 4.69) is 20.1 Å². The molecule has 0 radical (unpaired) electrons. The molecule has 21 heavy (non-hydrogen) atoms. The summed E-state index contributed by atoms with van der Waals surface area (Å²) in [6, 6.07) is 5.30. The second kappa shape index (κ2) is 6.80. The van der Waals surface area contributed by atoms with E-state index in [-0.39, 0.29) is 5.91 Å². The van der Waals surface area contributed by atoms with Crippen molar-refractivity contribution < 1.29 is 14.3 Å². The summed E-state index contributed by atoms with van der Waals surface area (Å²) >= 11 is 1.03. The molecule has 0 bridgehead atoms. The van der Waals surface area contributed by atoms with E-state index >= 15 is 0 Å². The third-order valence-corrected chi connectivity index (χ3v) is 3.49. The van der Waals surface area contributed by atoms with Crippen LogP contribution < -0.4 is 14.9 Å². The zero-order valence-electron chi connectivity index (χ0n) is 11.8. The van der Waals surface area contributed by atoms with Gasteiger partial charge in [-0.3, -0.25) is 4.79 Å². The van der Waals surface area contributed by atoms with Crippen molar-refractivity contribution in [3.8, 4) is 11.5 Å². The van der Waals surface area contributed by atoms with Crippen molar-refractivity contribution in [2.75, 3.05) is 14.2 Å². The lowest BCUT2D eigenvalue weighted by molar-refractivity contribution is 0.0958. The smallest absolute Gasteiger partial charge is 0.285 e. The van der Waals surface area contributed by atoms with Gasteiger partial charge in [0.05, 0.1) is 26.1 Å². The van der Waals surface area contributed by atoms with E-state index in [1.165, 1.54) is 6.21 Å². The normalized spacial score (nSPS) is 10.6. The molecule has 1 N–H and O–H groups in total. The topological polar surface area (TPSA) is 85.7 Å². The first-order chi connectivity index (χ1) is 10.2. The summed E-state index contributed by atoms with van der Waals surface area (Å²) in [5.41, 5.74) is 3.69. The van der Waals surface area contributed by atoms with Gasteiger partial charge in [0.2, 0.25) is 0 Å². The molecular formula is C13H14N4O3S. The quantitative estimate of drug-likeness (QED) is 0.670. The SMILES string of the molecule is COc1ccc(OC)c(/C=N\NC(=O)c2snnc2C)c1. The van der Waals surface area contributed by atoms with Gasteiger partial charge in [-0.2, -0.15) is 5.10 Å². The van der Waals surface area contributed by atoms with Gasteiger partial charge in [0.15, 0.2) is 0 Å². The first-order valence-electron chi connectivity index (χ1n) is 6.00. The number of hydrogen-bond donors (Lipinski definition) is 1. The molecule has 1 heterocycles. The number of carbonyl (C=O) groups is 1. The number of nitrogens with one attached hydrogen (secondary N) is 1. The lowest BCUT2D eigenvalue weighted by Gasteiger charge is -2.06. The third-order valence-electron chi connectivity index (χ3n) is 2.66. The molecule has 0 unspecified atom stereocenters. The van der Waals surface area contributed by atoms with E-state index in [1.807, 2.05) is 0 Å². The van der Waals surface area contributed by atoms with E-state index in [1.54, 1.807) is 39.3 Å². The number of aromatic nitrogens is 2. The maximum atomic E-state index is 11.8. The van der Waals surface area contributed by atoms with Gasteiger partial charge in [0, 0.05) is 5.56 Å². The summed E-state index contributed by atoms with van der Waals surface area (Å²) in [6.45, 7) is 1.72. The lowest BCUT2D eigenvalue weighted by Crippen LogP contribution is -2.17. The fourth-order valence-electron chi connectivity index (χ4n) is 1.59. The average Bonchev–Trinajstić information content (AvgIpc) is 2.93. The van der Waals surface area contributed by atoms with Crippen molar-refractivity contribution in [2.45, 2.75) is 6.92 Å². The van der Waals surface area contributed by atoms with E-state index in [4.69, 9.17) is 9.47 Å². The number of rotatable bonds is 5. The van der Waals surface area contributed by atoms with Gasteiger partial charge in [0.25, 0.3) is 5.91 Å². The third kappa shape index (κ3) is 3.54. The Balaban J connectivity index is 2.11. The summed E-state index contributed by atoms with van der Waals surface area (Å²) in [5, 5.41) is 7.69. The van der Waals surface area contributed by atoms with Crippen LogP contribution in [-0.2, 0) is 0 Å². The Bertz CT molecular complexity index is 669. The molecule has 110 valence electrons. The number of hydrazone groups is 1. The van der Waals surface area contributed by atoms with Gasteiger partial charge >= 0.3 is 0 Å². The Morgan fingerprint density at radius 3 is 2.81 bits per heavy atom. The van der Waals surface area contributed by atoms with Crippen molar-refractivity contribution in [1.82, 2.24) is 15.0 Å². The second-order valence-corrected chi connectivity index (χ2v) is 4.75. The number of carbonyl (C=O) groups excluding carboxylic acids is 1. The summed E-state index contributed by atoms with van der Waals surface area (Å²) in [4.78, 5) is 12.3. The second-order valence-electron chi connectivity index (χ2n) is 3.99. The Morgan fingerprint density at radius 2 is 2.19 bits per heavy atom. The van der Waals surface area contributed by atoms with E-state index in [9.17, 15) is 4.79 Å². The van der Waals surface area contributed by atoms with Gasteiger partial charge in [-0.1, -0.05) is 4.49 Å². The highest BCUT2D eigenvalue weighted by atomic mass is 32.1.